The number of methoxy groups -OCH3 is 1. The molecule has 2 aromatic carbocycles. The highest BCUT2D eigenvalue weighted by molar-refractivity contribution is 7.14. The molecule has 150 valence electrons. The van der Waals surface area contributed by atoms with Gasteiger partial charge in [-0.2, -0.15) is 5.10 Å². The second-order valence-electron chi connectivity index (χ2n) is 6.15. The molecule has 0 atom stereocenters. The van der Waals surface area contributed by atoms with Gasteiger partial charge >= 0.3 is 5.97 Å². The molecule has 0 bridgehead atoms. The van der Waals surface area contributed by atoms with E-state index < -0.39 is 11.9 Å². The van der Waals surface area contributed by atoms with E-state index in [2.05, 4.69) is 15.4 Å². The van der Waals surface area contributed by atoms with Crippen LogP contribution in [0.3, 0.4) is 0 Å². The van der Waals surface area contributed by atoms with Gasteiger partial charge in [0.15, 0.2) is 10.8 Å². The number of nitrogens with zero attached hydrogens (tertiary/aromatic N) is 3. The number of para-hydroxylation sites is 1. The minimum absolute atomic E-state index is 0.0117. The number of aromatic nitrogens is 3. The van der Waals surface area contributed by atoms with Crippen LogP contribution in [0.4, 0.5) is 9.52 Å². The first-order valence-electron chi connectivity index (χ1n) is 8.82. The van der Waals surface area contributed by atoms with Crippen LogP contribution < -0.4 is 5.32 Å². The third-order valence-electron chi connectivity index (χ3n) is 4.20. The van der Waals surface area contributed by atoms with E-state index in [-0.39, 0.29) is 17.2 Å². The van der Waals surface area contributed by atoms with E-state index >= 15 is 0 Å². The van der Waals surface area contributed by atoms with Gasteiger partial charge in [-0.1, -0.05) is 18.2 Å². The molecular formula is C21H15FN4O3S. The van der Waals surface area contributed by atoms with Gasteiger partial charge < -0.3 is 4.74 Å². The van der Waals surface area contributed by atoms with E-state index in [0.29, 0.717) is 16.5 Å². The van der Waals surface area contributed by atoms with Crippen LogP contribution in [0.2, 0.25) is 0 Å². The Morgan fingerprint density at radius 1 is 1.10 bits per heavy atom. The fraction of sp³-hybridized carbons (Fsp3) is 0.0476. The Balaban J connectivity index is 1.62. The van der Waals surface area contributed by atoms with Crippen molar-refractivity contribution in [3.8, 4) is 16.9 Å². The van der Waals surface area contributed by atoms with Gasteiger partial charge in [0.25, 0.3) is 5.91 Å². The van der Waals surface area contributed by atoms with E-state index in [4.69, 9.17) is 4.74 Å². The SMILES string of the molecule is COC(=O)c1cc(C(=O)Nc2nc(-c3ccc(F)cc3)cs2)n(-c2ccccc2)n1. The topological polar surface area (TPSA) is 86.1 Å². The Morgan fingerprint density at radius 3 is 2.53 bits per heavy atom. The molecule has 4 rings (SSSR count). The highest BCUT2D eigenvalue weighted by atomic mass is 32.1. The number of ether oxygens (including phenoxy) is 1. The quantitative estimate of drug-likeness (QED) is 0.488. The number of carbonyl (C=O) groups excluding carboxylic acids is 2. The van der Waals surface area contributed by atoms with Gasteiger partial charge in [0.05, 0.1) is 18.5 Å². The monoisotopic (exact) mass is 422 g/mol. The van der Waals surface area contributed by atoms with Crippen molar-refractivity contribution in [2.45, 2.75) is 0 Å². The molecule has 0 aliphatic heterocycles. The van der Waals surface area contributed by atoms with Crippen molar-refractivity contribution in [3.05, 3.63) is 83.2 Å². The fourth-order valence-corrected chi connectivity index (χ4v) is 3.47. The van der Waals surface area contributed by atoms with Gasteiger partial charge in [-0.25, -0.2) is 18.9 Å². The maximum Gasteiger partial charge on any atom is 0.358 e. The van der Waals surface area contributed by atoms with Crippen LogP contribution in [0.5, 0.6) is 0 Å². The van der Waals surface area contributed by atoms with Crippen molar-refractivity contribution in [3.63, 3.8) is 0 Å². The fourth-order valence-electron chi connectivity index (χ4n) is 2.76. The number of nitrogens with one attached hydrogen (secondary N) is 1. The Labute approximate surface area is 174 Å². The maximum atomic E-state index is 13.1. The van der Waals surface area contributed by atoms with E-state index in [0.717, 1.165) is 5.56 Å². The van der Waals surface area contributed by atoms with Crippen molar-refractivity contribution in [1.29, 1.82) is 0 Å². The van der Waals surface area contributed by atoms with Gasteiger partial charge in [0.1, 0.15) is 11.5 Å². The number of amides is 1. The molecule has 0 aliphatic rings. The normalized spacial score (nSPS) is 10.6. The van der Waals surface area contributed by atoms with Gasteiger partial charge in [-0.05, 0) is 36.4 Å². The molecule has 30 heavy (non-hydrogen) atoms. The summed E-state index contributed by atoms with van der Waals surface area (Å²) in [4.78, 5) is 29.2. The van der Waals surface area contributed by atoms with Crippen molar-refractivity contribution in [1.82, 2.24) is 14.8 Å². The number of rotatable bonds is 5. The third kappa shape index (κ3) is 3.96. The standard InChI is InChI=1S/C21H15FN4O3S/c1-29-20(28)16-11-18(26(25-16)15-5-3-2-4-6-15)19(27)24-21-23-17(12-30-21)13-7-9-14(22)10-8-13/h2-12H,1H3,(H,23,24,27). The zero-order valence-electron chi connectivity index (χ0n) is 15.7. The second kappa shape index (κ2) is 8.26. The van der Waals surface area contributed by atoms with Crippen molar-refractivity contribution in [2.24, 2.45) is 0 Å². The molecule has 0 saturated carbocycles. The van der Waals surface area contributed by atoms with Gasteiger partial charge in [0.2, 0.25) is 0 Å². The first kappa shape index (κ1) is 19.5. The predicted molar refractivity (Wildman–Crippen MR) is 110 cm³/mol. The molecule has 2 heterocycles. The Bertz CT molecular complexity index is 1200. The summed E-state index contributed by atoms with van der Waals surface area (Å²) in [6, 6.07) is 16.2. The number of halogens is 1. The lowest BCUT2D eigenvalue weighted by Crippen LogP contribution is -2.16. The average molecular weight is 422 g/mol. The molecule has 0 radical (unpaired) electrons. The van der Waals surface area contributed by atoms with Crippen LogP contribution in [-0.4, -0.2) is 33.8 Å². The molecule has 0 saturated heterocycles. The van der Waals surface area contributed by atoms with Crippen molar-refractivity contribution in [2.75, 3.05) is 12.4 Å². The Hall–Kier alpha value is -3.85. The zero-order chi connectivity index (χ0) is 21.1. The highest BCUT2D eigenvalue weighted by Crippen LogP contribution is 2.25. The first-order chi connectivity index (χ1) is 14.5. The lowest BCUT2D eigenvalue weighted by atomic mass is 10.2. The number of hydrogen-bond acceptors (Lipinski definition) is 6. The van der Waals surface area contributed by atoms with Crippen LogP contribution in [-0.2, 0) is 4.74 Å². The molecule has 9 heteroatoms. The zero-order valence-corrected chi connectivity index (χ0v) is 16.5. The summed E-state index contributed by atoms with van der Waals surface area (Å²) in [5.41, 5.74) is 2.12. The van der Waals surface area contributed by atoms with Crippen LogP contribution in [0, 0.1) is 5.82 Å². The summed E-state index contributed by atoms with van der Waals surface area (Å²) in [5.74, 6) is -1.47. The summed E-state index contributed by atoms with van der Waals surface area (Å²) < 4.78 is 19.2. The van der Waals surface area contributed by atoms with Crippen LogP contribution in [0.1, 0.15) is 21.0 Å². The number of carbonyl (C=O) groups is 2. The molecule has 7 nitrogen and oxygen atoms in total. The average Bonchev–Trinajstić information content (AvgIpc) is 3.42. The van der Waals surface area contributed by atoms with E-state index in [1.54, 1.807) is 41.8 Å². The summed E-state index contributed by atoms with van der Waals surface area (Å²) in [6.07, 6.45) is 0. The molecule has 4 aromatic rings. The lowest BCUT2D eigenvalue weighted by molar-refractivity contribution is 0.0593. The van der Waals surface area contributed by atoms with Gasteiger partial charge in [0, 0.05) is 17.0 Å². The predicted octanol–water partition coefficient (Wildman–Crippen LogP) is 4.17. The van der Waals surface area contributed by atoms with Crippen LogP contribution in [0.15, 0.2) is 66.0 Å². The molecule has 0 spiro atoms. The van der Waals surface area contributed by atoms with E-state index in [1.165, 1.54) is 41.3 Å². The van der Waals surface area contributed by atoms with Crippen molar-refractivity contribution < 1.29 is 18.7 Å². The Morgan fingerprint density at radius 2 is 1.83 bits per heavy atom. The number of hydrogen-bond donors (Lipinski definition) is 1. The largest absolute Gasteiger partial charge is 0.464 e. The van der Waals surface area contributed by atoms with Gasteiger partial charge in [-0.15, -0.1) is 11.3 Å². The minimum atomic E-state index is -0.647. The summed E-state index contributed by atoms with van der Waals surface area (Å²) in [5, 5.41) is 9.05. The van der Waals surface area contributed by atoms with E-state index in [1.807, 2.05) is 6.07 Å². The second-order valence-corrected chi connectivity index (χ2v) is 7.01. The number of esters is 1. The maximum absolute atomic E-state index is 13.1. The number of thiazole rings is 1. The third-order valence-corrected chi connectivity index (χ3v) is 4.96. The van der Waals surface area contributed by atoms with Crippen LogP contribution >= 0.6 is 11.3 Å². The lowest BCUT2D eigenvalue weighted by Gasteiger charge is -2.06. The Kier molecular flexibility index (Phi) is 5.36. The number of benzene rings is 2. The molecule has 2 aromatic heterocycles. The summed E-state index contributed by atoms with van der Waals surface area (Å²) in [6.45, 7) is 0. The molecular weight excluding hydrogens is 407 g/mol. The molecule has 1 amide bonds. The molecule has 0 aliphatic carbocycles. The molecule has 1 N–H and O–H groups in total. The van der Waals surface area contributed by atoms with Gasteiger partial charge in [-0.3, -0.25) is 10.1 Å². The number of anilines is 1. The summed E-state index contributed by atoms with van der Waals surface area (Å²) >= 11 is 1.23. The smallest absolute Gasteiger partial charge is 0.358 e. The molecule has 0 fully saturated rings. The highest BCUT2D eigenvalue weighted by Gasteiger charge is 2.21. The minimum Gasteiger partial charge on any atom is -0.464 e. The van der Waals surface area contributed by atoms with Crippen molar-refractivity contribution >= 4 is 28.3 Å². The van der Waals surface area contributed by atoms with Crippen LogP contribution in [0.25, 0.3) is 16.9 Å². The van der Waals surface area contributed by atoms with E-state index in [9.17, 15) is 14.0 Å². The molecule has 0 unspecified atom stereocenters. The first-order valence-corrected chi connectivity index (χ1v) is 9.70. The summed E-state index contributed by atoms with van der Waals surface area (Å²) in [7, 11) is 1.25.